The van der Waals surface area contributed by atoms with Gasteiger partial charge in [0.25, 0.3) is 0 Å². The van der Waals surface area contributed by atoms with Crippen LogP contribution in [0.4, 0.5) is 5.69 Å². The van der Waals surface area contributed by atoms with Crippen LogP contribution in [0.2, 0.25) is 0 Å². The number of nitrogens with zero attached hydrogens (tertiary/aromatic N) is 5. The smallest absolute Gasteiger partial charge is 0.227 e. The van der Waals surface area contributed by atoms with Crippen LogP contribution in [0.25, 0.3) is 38.8 Å². The molecule has 6 rings (SSSR count). The summed E-state index contributed by atoms with van der Waals surface area (Å²) in [5.74, 6) is 3.40. The van der Waals surface area contributed by atoms with Crippen molar-refractivity contribution in [2.75, 3.05) is 11.4 Å². The second-order valence-corrected chi connectivity index (χ2v) is 8.05. The Hall–Kier alpha value is -4.50. The predicted molar refractivity (Wildman–Crippen MR) is 129 cm³/mol. The zero-order chi connectivity index (χ0) is 22.4. The molecule has 0 aliphatic carbocycles. The van der Waals surface area contributed by atoms with Gasteiger partial charge in [0, 0.05) is 47.7 Å². The maximum atomic E-state index is 12.1. The number of imidazole rings is 1. The Morgan fingerprint density at radius 3 is 2.52 bits per heavy atom. The minimum atomic E-state index is 0.167. The highest BCUT2D eigenvalue weighted by Gasteiger charge is 2.22. The van der Waals surface area contributed by atoms with Gasteiger partial charge in [-0.15, -0.1) is 6.42 Å². The zero-order valence-electron chi connectivity index (χ0n) is 17.8. The molecule has 5 aromatic rings. The molecule has 0 spiro atoms. The summed E-state index contributed by atoms with van der Waals surface area (Å²) in [4.78, 5) is 27.5. The maximum Gasteiger partial charge on any atom is 0.227 e. The van der Waals surface area contributed by atoms with Crippen LogP contribution >= 0.6 is 0 Å². The van der Waals surface area contributed by atoms with Crippen molar-refractivity contribution in [3.63, 3.8) is 0 Å². The van der Waals surface area contributed by atoms with Crippen LogP contribution in [0.5, 0.6) is 0 Å². The Balaban J connectivity index is 1.55. The van der Waals surface area contributed by atoms with Crippen LogP contribution in [0.1, 0.15) is 18.7 Å². The molecule has 4 heterocycles. The molecule has 1 fully saturated rings. The molecule has 1 aliphatic heterocycles. The lowest BCUT2D eigenvalue weighted by Gasteiger charge is -2.16. The third-order valence-electron chi connectivity index (χ3n) is 6.10. The summed E-state index contributed by atoms with van der Waals surface area (Å²) < 4.78 is 1.99. The largest absolute Gasteiger partial charge is 0.312 e. The van der Waals surface area contributed by atoms with Gasteiger partial charge in [-0.25, -0.2) is 4.98 Å². The van der Waals surface area contributed by atoms with Crippen molar-refractivity contribution in [2.45, 2.75) is 12.8 Å². The van der Waals surface area contributed by atoms with Gasteiger partial charge in [-0.05, 0) is 60.4 Å². The van der Waals surface area contributed by atoms with E-state index in [4.69, 9.17) is 6.42 Å². The van der Waals surface area contributed by atoms with Gasteiger partial charge in [0.2, 0.25) is 5.91 Å². The van der Waals surface area contributed by atoms with Gasteiger partial charge >= 0.3 is 0 Å². The molecule has 1 amide bonds. The molecule has 0 saturated carbocycles. The van der Waals surface area contributed by atoms with Crippen molar-refractivity contribution in [3.8, 4) is 29.2 Å². The standard InChI is InChI=1S/C27H19N5O/c1-2-25-30-24-17-29-23-12-7-18(19-5-3-13-28-16-19)15-22(23)27(24)32(25)21-10-8-20(9-11-21)31-14-4-6-26(31)33/h1,3,5,7-13,15-17H,4,6,14H2. The highest BCUT2D eigenvalue weighted by atomic mass is 16.2. The Morgan fingerprint density at radius 2 is 1.79 bits per heavy atom. The van der Waals surface area contributed by atoms with E-state index in [1.54, 1.807) is 12.4 Å². The Kier molecular flexibility index (Phi) is 4.41. The molecule has 0 radical (unpaired) electrons. The second kappa shape index (κ2) is 7.57. The number of aromatic nitrogens is 4. The highest BCUT2D eigenvalue weighted by molar-refractivity contribution is 6.05. The predicted octanol–water partition coefficient (Wildman–Crippen LogP) is 4.74. The van der Waals surface area contributed by atoms with E-state index in [9.17, 15) is 4.79 Å². The van der Waals surface area contributed by atoms with Gasteiger partial charge in [-0.1, -0.05) is 12.1 Å². The minimum absolute atomic E-state index is 0.167. The molecule has 0 atom stereocenters. The first-order valence-electron chi connectivity index (χ1n) is 10.8. The average Bonchev–Trinajstić information content (AvgIpc) is 3.47. The molecular weight excluding hydrogens is 410 g/mol. The van der Waals surface area contributed by atoms with Gasteiger partial charge in [0.15, 0.2) is 5.82 Å². The molecule has 1 saturated heterocycles. The number of carbonyl (C=O) groups excluding carboxylic acids is 1. The van der Waals surface area contributed by atoms with E-state index in [1.165, 1.54) is 0 Å². The highest BCUT2D eigenvalue weighted by Crippen LogP contribution is 2.32. The molecule has 2 aromatic carbocycles. The quantitative estimate of drug-likeness (QED) is 0.389. The number of amides is 1. The van der Waals surface area contributed by atoms with Gasteiger partial charge in [0.05, 0.1) is 17.2 Å². The molecule has 158 valence electrons. The number of hydrogen-bond acceptors (Lipinski definition) is 4. The maximum absolute atomic E-state index is 12.1. The Labute approximate surface area is 190 Å². The fourth-order valence-corrected chi connectivity index (χ4v) is 4.52. The number of fused-ring (bicyclic) bond motifs is 3. The van der Waals surface area contributed by atoms with Crippen molar-refractivity contribution in [1.29, 1.82) is 0 Å². The van der Waals surface area contributed by atoms with E-state index in [-0.39, 0.29) is 5.91 Å². The van der Waals surface area contributed by atoms with Crippen LogP contribution < -0.4 is 4.90 Å². The summed E-state index contributed by atoms with van der Waals surface area (Å²) in [6.45, 7) is 0.759. The summed E-state index contributed by atoms with van der Waals surface area (Å²) in [5, 5.41) is 0.960. The number of hydrogen-bond donors (Lipinski definition) is 0. The lowest BCUT2D eigenvalue weighted by atomic mass is 10.0. The summed E-state index contributed by atoms with van der Waals surface area (Å²) in [6.07, 6.45) is 12.7. The summed E-state index contributed by atoms with van der Waals surface area (Å²) in [5.41, 5.74) is 6.36. The first-order chi connectivity index (χ1) is 16.2. The average molecular weight is 429 g/mol. The van der Waals surface area contributed by atoms with E-state index in [1.807, 2.05) is 64.2 Å². The van der Waals surface area contributed by atoms with Crippen LogP contribution in [0.15, 0.2) is 73.2 Å². The first-order valence-corrected chi connectivity index (χ1v) is 10.8. The van der Waals surface area contributed by atoms with Gasteiger partial charge in [-0.2, -0.15) is 0 Å². The van der Waals surface area contributed by atoms with Crippen molar-refractivity contribution in [2.24, 2.45) is 0 Å². The zero-order valence-corrected chi connectivity index (χ0v) is 17.8. The molecule has 33 heavy (non-hydrogen) atoms. The number of anilines is 1. The Bertz CT molecular complexity index is 1560. The molecule has 0 unspecified atom stereocenters. The number of carbonyl (C=O) groups is 1. The van der Waals surface area contributed by atoms with Crippen LogP contribution in [0.3, 0.4) is 0 Å². The lowest BCUT2D eigenvalue weighted by molar-refractivity contribution is -0.117. The molecular formula is C27H19N5O. The van der Waals surface area contributed by atoms with Gasteiger partial charge < -0.3 is 4.90 Å². The number of benzene rings is 2. The van der Waals surface area contributed by atoms with Crippen LogP contribution in [-0.4, -0.2) is 32.0 Å². The van der Waals surface area contributed by atoms with Crippen molar-refractivity contribution in [3.05, 3.63) is 79.0 Å². The number of rotatable bonds is 3. The van der Waals surface area contributed by atoms with E-state index in [0.29, 0.717) is 12.2 Å². The van der Waals surface area contributed by atoms with E-state index in [2.05, 4.69) is 26.9 Å². The minimum Gasteiger partial charge on any atom is -0.312 e. The molecule has 1 aliphatic rings. The van der Waals surface area contributed by atoms with E-state index >= 15 is 0 Å². The normalized spacial score (nSPS) is 13.7. The van der Waals surface area contributed by atoms with Gasteiger partial charge in [-0.3, -0.25) is 19.3 Å². The second-order valence-electron chi connectivity index (χ2n) is 8.05. The van der Waals surface area contributed by atoms with E-state index in [0.717, 1.165) is 57.4 Å². The number of terminal acetylenes is 1. The van der Waals surface area contributed by atoms with Gasteiger partial charge in [0.1, 0.15) is 5.52 Å². The fraction of sp³-hybridized carbons (Fsp3) is 0.111. The summed E-state index contributed by atoms with van der Waals surface area (Å²) in [6, 6.07) is 18.0. The van der Waals surface area contributed by atoms with Crippen LogP contribution in [-0.2, 0) is 4.79 Å². The molecule has 6 heteroatoms. The number of pyridine rings is 2. The lowest BCUT2D eigenvalue weighted by Crippen LogP contribution is -2.23. The monoisotopic (exact) mass is 429 g/mol. The Morgan fingerprint density at radius 1 is 0.939 bits per heavy atom. The van der Waals surface area contributed by atoms with Crippen molar-refractivity contribution in [1.82, 2.24) is 19.5 Å². The van der Waals surface area contributed by atoms with Crippen molar-refractivity contribution < 1.29 is 4.79 Å². The molecule has 0 bridgehead atoms. The third-order valence-corrected chi connectivity index (χ3v) is 6.10. The molecule has 0 N–H and O–H groups in total. The van der Waals surface area contributed by atoms with Crippen molar-refractivity contribution >= 4 is 33.5 Å². The summed E-state index contributed by atoms with van der Waals surface area (Å²) in [7, 11) is 0. The molecule has 3 aromatic heterocycles. The topological polar surface area (TPSA) is 63.9 Å². The van der Waals surface area contributed by atoms with E-state index < -0.39 is 0 Å². The fourth-order valence-electron chi connectivity index (χ4n) is 4.52. The SMILES string of the molecule is C#Cc1nc2cnc3ccc(-c4cccnc4)cc3c2n1-c1ccc(N2CCCC2=O)cc1. The van der Waals surface area contributed by atoms with Crippen LogP contribution in [0, 0.1) is 12.3 Å². The summed E-state index contributed by atoms with van der Waals surface area (Å²) >= 11 is 0. The third kappa shape index (κ3) is 3.14. The first kappa shape index (κ1) is 19.2. The molecule has 6 nitrogen and oxygen atoms in total.